The Hall–Kier alpha value is -6.35. The van der Waals surface area contributed by atoms with Gasteiger partial charge >= 0.3 is 0 Å². The molecule has 316 valence electrons. The summed E-state index contributed by atoms with van der Waals surface area (Å²) in [6, 6.07) is 58.7. The third kappa shape index (κ3) is 8.70. The Kier molecular flexibility index (Phi) is 12.1. The molecule has 4 nitrogen and oxygen atoms in total. The predicted octanol–water partition coefficient (Wildman–Crippen LogP) is 15.6. The summed E-state index contributed by atoms with van der Waals surface area (Å²) in [7, 11) is 0. The largest absolute Gasteiger partial charge is 0.507 e. The number of rotatable bonds is 10. The molecular weight excluding hydrogens is 950 g/mol. The minimum atomic E-state index is -0.889. The predicted molar refractivity (Wildman–Crippen MR) is 259 cm³/mol. The number of hydrogen-bond donors (Lipinski definition) is 1. The first kappa shape index (κ1) is 42.0. The van der Waals surface area contributed by atoms with E-state index in [4.69, 9.17) is 9.97 Å². The van der Waals surface area contributed by atoms with Crippen LogP contribution >= 0.6 is 0 Å². The molecule has 63 heavy (non-hydrogen) atoms. The van der Waals surface area contributed by atoms with Crippen LogP contribution in [0.25, 0.3) is 83.9 Å². The quantitative estimate of drug-likeness (QED) is 0.139. The van der Waals surface area contributed by atoms with Gasteiger partial charge < -0.3 is 5.11 Å². The van der Waals surface area contributed by atoms with Gasteiger partial charge in [0.25, 0.3) is 0 Å². The fraction of sp³-hybridized carbons (Fsp3) is 0.172. The molecule has 0 radical (unpaired) electrons. The number of phenolic OH excluding ortho intramolecular Hbond substituents is 1. The second-order valence-electron chi connectivity index (χ2n) is 17.3. The molecule has 0 amide bonds. The number of nitrogens with zero attached hydrogens (tertiary/aromatic N) is 3. The van der Waals surface area contributed by atoms with Crippen molar-refractivity contribution in [1.29, 1.82) is 0 Å². The van der Waals surface area contributed by atoms with Gasteiger partial charge in [0.15, 0.2) is 0 Å². The number of aryl methyl sites for hydroxylation is 1. The third-order valence-electron chi connectivity index (χ3n) is 11.9. The number of aromatic hydroxyl groups is 1. The van der Waals surface area contributed by atoms with E-state index in [1.807, 2.05) is 44.3 Å². The molecule has 0 aliphatic heterocycles. The number of aromatic nitrogens is 3. The molecule has 0 spiro atoms. The van der Waals surface area contributed by atoms with E-state index in [1.54, 1.807) is 0 Å². The molecule has 0 unspecified atom stereocenters. The second-order valence-corrected chi connectivity index (χ2v) is 17.3. The van der Waals surface area contributed by atoms with Gasteiger partial charge in [-0.1, -0.05) is 179 Å². The molecular formula is C58H52N3OPt-. The molecule has 2 aromatic heterocycles. The Bertz CT molecular complexity index is 3110. The van der Waals surface area contributed by atoms with Crippen molar-refractivity contribution < 1.29 is 27.5 Å². The number of hydrogen-bond acceptors (Lipinski definition) is 3. The smallest absolute Gasteiger partial charge is 0.148 e. The van der Waals surface area contributed by atoms with E-state index >= 15 is 0 Å². The van der Waals surface area contributed by atoms with Crippen molar-refractivity contribution >= 4 is 11.0 Å². The van der Waals surface area contributed by atoms with E-state index in [1.165, 1.54) is 5.56 Å². The first-order valence-corrected chi connectivity index (χ1v) is 21.6. The molecule has 0 saturated heterocycles. The van der Waals surface area contributed by atoms with Crippen LogP contribution in [0.4, 0.5) is 0 Å². The number of fused-ring (bicyclic) bond motifs is 1. The molecule has 0 saturated carbocycles. The zero-order chi connectivity index (χ0) is 44.0. The topological polar surface area (TPSA) is 50.9 Å². The number of para-hydroxylation sites is 1. The summed E-state index contributed by atoms with van der Waals surface area (Å²) >= 11 is 0. The molecule has 0 atom stereocenters. The summed E-state index contributed by atoms with van der Waals surface area (Å²) in [6.45, 7) is 14.6. The second kappa shape index (κ2) is 18.2. The maximum Gasteiger partial charge on any atom is 0.148 e. The molecule has 9 aromatic rings. The van der Waals surface area contributed by atoms with Crippen LogP contribution in [0, 0.1) is 13.0 Å². The van der Waals surface area contributed by atoms with Crippen LogP contribution in [0.5, 0.6) is 5.75 Å². The van der Waals surface area contributed by atoms with Gasteiger partial charge in [0.2, 0.25) is 0 Å². The van der Waals surface area contributed by atoms with Crippen molar-refractivity contribution in [3.05, 3.63) is 192 Å². The van der Waals surface area contributed by atoms with E-state index in [2.05, 4.69) is 179 Å². The number of benzene rings is 7. The van der Waals surface area contributed by atoms with E-state index in [0.29, 0.717) is 11.4 Å². The van der Waals surface area contributed by atoms with Crippen LogP contribution in [-0.2, 0) is 21.1 Å². The average molecular weight is 1000 g/mol. The maximum atomic E-state index is 12.3. The minimum absolute atomic E-state index is 0. The van der Waals surface area contributed by atoms with Crippen molar-refractivity contribution in [2.75, 3.05) is 0 Å². The van der Waals surface area contributed by atoms with Crippen LogP contribution in [0.15, 0.2) is 164 Å². The van der Waals surface area contributed by atoms with E-state index < -0.39 is 5.89 Å². The molecule has 9 rings (SSSR count). The van der Waals surface area contributed by atoms with Gasteiger partial charge in [-0.15, -0.1) is 23.8 Å². The number of phenols is 1. The van der Waals surface area contributed by atoms with Crippen molar-refractivity contribution in [1.82, 2.24) is 14.5 Å². The maximum absolute atomic E-state index is 12.3. The van der Waals surface area contributed by atoms with Crippen LogP contribution in [0.2, 0.25) is 0 Å². The molecule has 0 aliphatic rings. The van der Waals surface area contributed by atoms with Gasteiger partial charge in [0, 0.05) is 40.0 Å². The fourth-order valence-corrected chi connectivity index (χ4v) is 8.36. The average Bonchev–Trinajstić information content (AvgIpc) is 3.69. The van der Waals surface area contributed by atoms with Crippen molar-refractivity contribution in [3.8, 4) is 78.6 Å². The van der Waals surface area contributed by atoms with Crippen molar-refractivity contribution in [2.24, 2.45) is 0 Å². The SMILES string of the molecule is [2H]C(C)(C)c1cc(-c2ccccc2)cc(-n2c(-c3cc(C(C)C)cc(C(C)C)c3O)nc3c(-c4[c-]c(-c5cc(-c6ccc(C)cc6)ccn5)cc(-c5ccccc5)c4)cccc32)c1.[Pt]. The Morgan fingerprint density at radius 2 is 1.22 bits per heavy atom. The first-order chi connectivity index (χ1) is 30.3. The summed E-state index contributed by atoms with van der Waals surface area (Å²) in [5, 5.41) is 12.3. The Balaban J connectivity index is 0.00000560. The zero-order valence-electron chi connectivity index (χ0n) is 37.8. The molecule has 0 fully saturated rings. The molecule has 0 aliphatic carbocycles. The molecule has 1 N–H and O–H groups in total. The Morgan fingerprint density at radius 1 is 0.571 bits per heavy atom. The summed E-state index contributed by atoms with van der Waals surface area (Å²) in [5.41, 5.74) is 17.2. The van der Waals surface area contributed by atoms with Gasteiger partial charge in [0.1, 0.15) is 11.6 Å². The summed E-state index contributed by atoms with van der Waals surface area (Å²) in [4.78, 5) is 10.5. The Morgan fingerprint density at radius 3 is 1.87 bits per heavy atom. The van der Waals surface area contributed by atoms with Gasteiger partial charge in [-0.3, -0.25) is 9.55 Å². The molecule has 0 bridgehead atoms. The number of imidazole rings is 1. The summed E-state index contributed by atoms with van der Waals surface area (Å²) < 4.78 is 11.4. The van der Waals surface area contributed by atoms with E-state index in [0.717, 1.165) is 89.2 Å². The van der Waals surface area contributed by atoms with E-state index in [9.17, 15) is 6.48 Å². The fourth-order valence-electron chi connectivity index (χ4n) is 8.36. The van der Waals surface area contributed by atoms with Crippen LogP contribution in [0.3, 0.4) is 0 Å². The third-order valence-corrected chi connectivity index (χ3v) is 11.9. The monoisotopic (exact) mass is 1000 g/mol. The van der Waals surface area contributed by atoms with Gasteiger partial charge in [-0.25, -0.2) is 4.98 Å². The molecule has 7 aromatic carbocycles. The molecule has 5 heteroatoms. The standard InChI is InChI=1S/C58H52N3O.Pt/c1-36(2)44-27-47(41-17-12-9-13-18-41)32-50(31-44)61-55-20-14-19-51(56(55)60-58(61)53-34-45(37(3)4)33-52(38(5)6)57(53)62)48-28-46(40-15-10-8-11-16-40)29-49(30-48)54-35-43(25-26-59-54)42-23-21-39(7)22-24-42;/h8-29,31-38,62H,1-7H3;/q-1;/i36D;. The zero-order valence-corrected chi connectivity index (χ0v) is 39.1. The van der Waals surface area contributed by atoms with Crippen LogP contribution in [-0.4, -0.2) is 19.6 Å². The normalized spacial score (nSPS) is 11.9. The van der Waals surface area contributed by atoms with Crippen molar-refractivity contribution in [3.63, 3.8) is 0 Å². The summed E-state index contributed by atoms with van der Waals surface area (Å²) in [6.07, 6.45) is 1.88. The van der Waals surface area contributed by atoms with Crippen LogP contribution < -0.4 is 0 Å². The molecule has 2 heterocycles. The van der Waals surface area contributed by atoms with E-state index in [-0.39, 0.29) is 38.7 Å². The number of pyridine rings is 1. The Labute approximate surface area is 388 Å². The first-order valence-electron chi connectivity index (χ1n) is 22.1. The van der Waals surface area contributed by atoms with Crippen molar-refractivity contribution in [2.45, 2.75) is 66.2 Å². The van der Waals surface area contributed by atoms with Gasteiger partial charge in [0.05, 0.1) is 16.6 Å². The van der Waals surface area contributed by atoms with Gasteiger partial charge in [-0.05, 0) is 99.5 Å². The summed E-state index contributed by atoms with van der Waals surface area (Å²) in [5.74, 6) is 0.274. The van der Waals surface area contributed by atoms with Gasteiger partial charge in [-0.2, -0.15) is 0 Å². The minimum Gasteiger partial charge on any atom is -0.507 e. The van der Waals surface area contributed by atoms with Crippen LogP contribution in [0.1, 0.15) is 82.9 Å².